The summed E-state index contributed by atoms with van der Waals surface area (Å²) < 4.78 is 1.93. The Morgan fingerprint density at radius 1 is 1.23 bits per heavy atom. The number of aryl methyl sites for hydroxylation is 3. The Morgan fingerprint density at radius 3 is 2.54 bits per heavy atom. The summed E-state index contributed by atoms with van der Waals surface area (Å²) in [6, 6.07) is 0. The van der Waals surface area contributed by atoms with Crippen LogP contribution in [-0.2, 0) is 39.8 Å². The second-order valence-electron chi connectivity index (χ2n) is 2.80. The maximum Gasteiger partial charge on any atom is 0.0937 e. The molecule has 5 heteroatoms. The van der Waals surface area contributed by atoms with Crippen LogP contribution in [0.4, 0.5) is 0 Å². The van der Waals surface area contributed by atoms with Crippen LogP contribution in [0.2, 0.25) is 0 Å². The molecule has 0 aliphatic rings. The van der Waals surface area contributed by atoms with Crippen molar-refractivity contribution in [1.82, 2.24) is 19.5 Å². The zero-order valence-electron chi connectivity index (χ0n) is 7.87. The van der Waals surface area contributed by atoms with Gasteiger partial charge in [-0.1, -0.05) is 6.92 Å². The molecule has 4 nitrogen and oxygen atoms in total. The van der Waals surface area contributed by atoms with Gasteiger partial charge in [-0.25, -0.2) is 0 Å². The van der Waals surface area contributed by atoms with Gasteiger partial charge in [-0.15, -0.1) is 0 Å². The molecule has 0 N–H and O–H groups in total. The zero-order valence-corrected chi connectivity index (χ0v) is 10.7. The molecule has 13 heavy (non-hydrogen) atoms. The molecule has 0 aliphatic carbocycles. The summed E-state index contributed by atoms with van der Waals surface area (Å²) in [6.07, 6.45) is 2.60. The minimum Gasteiger partial charge on any atom is -0.369 e. The van der Waals surface area contributed by atoms with E-state index in [0.29, 0.717) is 0 Å². The smallest absolute Gasteiger partial charge is 0.0937 e. The number of rotatable bonds is 0. The van der Waals surface area contributed by atoms with Crippen molar-refractivity contribution in [1.29, 1.82) is 0 Å². The number of hydrogen-bond acceptors (Lipinski definition) is 3. The molecule has 0 atom stereocenters. The van der Waals surface area contributed by atoms with Gasteiger partial charge < -0.3 is 14.5 Å². The molecule has 2 rings (SSSR count). The molecule has 0 aromatic carbocycles. The average molecular weight is 250 g/mol. The molecule has 0 unspecified atom stereocenters. The van der Waals surface area contributed by atoms with Gasteiger partial charge >= 0.3 is 0 Å². The van der Waals surface area contributed by atoms with Crippen molar-refractivity contribution in [2.75, 3.05) is 0 Å². The van der Waals surface area contributed by atoms with Crippen molar-refractivity contribution in [2.45, 2.75) is 13.8 Å². The largest absolute Gasteiger partial charge is 0.369 e. The molecule has 0 amide bonds. The Labute approximate surface area is 102 Å². The molecule has 2 heterocycles. The molecule has 0 saturated heterocycles. The van der Waals surface area contributed by atoms with Gasteiger partial charge in [0.15, 0.2) is 0 Å². The van der Waals surface area contributed by atoms with Crippen LogP contribution in [0.1, 0.15) is 11.5 Å². The van der Waals surface area contributed by atoms with Crippen molar-refractivity contribution in [3.05, 3.63) is 17.8 Å². The Balaban J connectivity index is 0.000000845. The summed E-state index contributed by atoms with van der Waals surface area (Å²) in [5.41, 5.74) is 2.59. The summed E-state index contributed by atoms with van der Waals surface area (Å²) in [5, 5.41) is 0. The van der Waals surface area contributed by atoms with Crippen LogP contribution in [-0.4, -0.2) is 19.5 Å². The number of fused-ring (bicyclic) bond motifs is 1. The van der Waals surface area contributed by atoms with E-state index in [1.807, 2.05) is 25.5 Å². The summed E-state index contributed by atoms with van der Waals surface area (Å²) in [7, 11) is 1.94. The first kappa shape index (κ1) is 10.7. The molecule has 0 bridgehead atoms. The summed E-state index contributed by atoms with van der Waals surface area (Å²) in [6.45, 7) is 3.86. The third-order valence-corrected chi connectivity index (χ3v) is 2.00. The van der Waals surface area contributed by atoms with Crippen molar-refractivity contribution in [3.8, 4) is 0 Å². The van der Waals surface area contributed by atoms with E-state index in [-0.39, 0.29) is 32.7 Å². The summed E-state index contributed by atoms with van der Waals surface area (Å²) in [5.74, 6) is 0.946. The van der Waals surface area contributed by atoms with Crippen molar-refractivity contribution >= 4 is 11.2 Å². The van der Waals surface area contributed by atoms with Gasteiger partial charge in [0.05, 0.1) is 5.82 Å². The number of hydrogen-bond donors (Lipinski definition) is 0. The predicted octanol–water partition coefficient (Wildman–Crippen LogP) is 0.778. The van der Waals surface area contributed by atoms with E-state index >= 15 is 0 Å². The Bertz CT molecular complexity index is 435. The van der Waals surface area contributed by atoms with E-state index < -0.39 is 0 Å². The monoisotopic (exact) mass is 250 g/mol. The van der Waals surface area contributed by atoms with Crippen molar-refractivity contribution < 1.29 is 32.7 Å². The predicted molar refractivity (Wildman–Crippen MR) is 44.6 cm³/mol. The molecule has 1 radical (unpaired) electrons. The molecular formula is C8H9N4Y-. The van der Waals surface area contributed by atoms with Gasteiger partial charge in [0.2, 0.25) is 0 Å². The number of imidazole rings is 1. The summed E-state index contributed by atoms with van der Waals surface area (Å²) in [4.78, 5) is 12.3. The Hall–Kier alpha value is -0.346. The first-order valence-corrected chi connectivity index (χ1v) is 3.74. The summed E-state index contributed by atoms with van der Waals surface area (Å²) >= 11 is 0. The third kappa shape index (κ3) is 1.65. The SMILES string of the molecule is Cc1n[c-]nc2c1nc(C)n2C.[Y]. The van der Waals surface area contributed by atoms with Crippen molar-refractivity contribution in [2.24, 2.45) is 7.05 Å². The van der Waals surface area contributed by atoms with E-state index in [4.69, 9.17) is 0 Å². The van der Waals surface area contributed by atoms with Gasteiger partial charge in [-0.2, -0.15) is 0 Å². The fraction of sp³-hybridized carbons (Fsp3) is 0.375. The second-order valence-corrected chi connectivity index (χ2v) is 2.80. The molecular weight excluding hydrogens is 241 g/mol. The van der Waals surface area contributed by atoms with E-state index in [1.165, 1.54) is 0 Å². The first-order chi connectivity index (χ1) is 5.70. The first-order valence-electron chi connectivity index (χ1n) is 3.74. The fourth-order valence-electron chi connectivity index (χ4n) is 1.17. The normalized spacial score (nSPS) is 10.1. The second kappa shape index (κ2) is 3.80. The molecule has 0 spiro atoms. The molecule has 0 fully saturated rings. The minimum absolute atomic E-state index is 0. The van der Waals surface area contributed by atoms with E-state index in [1.54, 1.807) is 0 Å². The molecule has 65 valence electrons. The van der Waals surface area contributed by atoms with Gasteiger partial charge in [-0.3, -0.25) is 4.98 Å². The molecule has 2 aromatic heterocycles. The van der Waals surface area contributed by atoms with Crippen LogP contribution in [0.3, 0.4) is 0 Å². The quantitative estimate of drug-likeness (QED) is 0.649. The number of aromatic nitrogens is 4. The van der Waals surface area contributed by atoms with Crippen molar-refractivity contribution in [3.63, 3.8) is 0 Å². The van der Waals surface area contributed by atoms with Crippen LogP contribution in [0.5, 0.6) is 0 Å². The minimum atomic E-state index is 0. The van der Waals surface area contributed by atoms with Crippen LogP contribution in [0, 0.1) is 20.2 Å². The molecule has 0 aliphatic heterocycles. The van der Waals surface area contributed by atoms with Gasteiger partial charge in [-0.05, 0) is 12.6 Å². The topological polar surface area (TPSA) is 43.6 Å². The van der Waals surface area contributed by atoms with Gasteiger partial charge in [0, 0.05) is 57.2 Å². The Morgan fingerprint density at radius 2 is 1.92 bits per heavy atom. The maximum atomic E-state index is 4.33. The Kier molecular flexibility index (Phi) is 3.14. The molecule has 0 saturated carbocycles. The standard InChI is InChI=1S/C8H9N4.Y/c1-5-7-8(10-4-9-5)12(3)6(2)11-7;/h1-3H3;/q-1;. The van der Waals surface area contributed by atoms with E-state index in [0.717, 1.165) is 22.7 Å². The van der Waals surface area contributed by atoms with Gasteiger partial charge in [0.1, 0.15) is 0 Å². The molecule has 2 aromatic rings. The van der Waals surface area contributed by atoms with E-state index in [9.17, 15) is 0 Å². The zero-order chi connectivity index (χ0) is 8.72. The van der Waals surface area contributed by atoms with Crippen LogP contribution >= 0.6 is 0 Å². The average Bonchev–Trinajstić information content (AvgIpc) is 2.32. The fourth-order valence-corrected chi connectivity index (χ4v) is 1.17. The van der Waals surface area contributed by atoms with Crippen LogP contribution in [0.25, 0.3) is 11.2 Å². The van der Waals surface area contributed by atoms with Crippen LogP contribution < -0.4 is 0 Å². The van der Waals surface area contributed by atoms with Crippen LogP contribution in [0.15, 0.2) is 0 Å². The maximum absolute atomic E-state index is 4.33. The van der Waals surface area contributed by atoms with Gasteiger partial charge in [0.25, 0.3) is 0 Å². The third-order valence-electron chi connectivity index (χ3n) is 2.00. The number of nitrogens with zero attached hydrogens (tertiary/aromatic N) is 4. The van der Waals surface area contributed by atoms with E-state index in [2.05, 4.69) is 21.3 Å².